The van der Waals surface area contributed by atoms with Gasteiger partial charge in [0, 0.05) is 38.8 Å². The molecular formula is C30H35N3O5S. The van der Waals surface area contributed by atoms with Crippen LogP contribution in [0.25, 0.3) is 6.08 Å². The maximum atomic E-state index is 13.8. The van der Waals surface area contributed by atoms with Crippen LogP contribution in [0, 0.1) is 6.92 Å². The summed E-state index contributed by atoms with van der Waals surface area (Å²) in [6.07, 6.45) is 4.22. The number of hydrogen-bond acceptors (Lipinski definition) is 6. The van der Waals surface area contributed by atoms with Crippen molar-refractivity contribution >= 4 is 27.7 Å². The van der Waals surface area contributed by atoms with Gasteiger partial charge in [-0.15, -0.1) is 0 Å². The van der Waals surface area contributed by atoms with E-state index in [1.54, 1.807) is 47.4 Å². The molecule has 0 aliphatic carbocycles. The van der Waals surface area contributed by atoms with Gasteiger partial charge in [-0.1, -0.05) is 60.2 Å². The number of methoxy groups -OCH3 is 2. The molecule has 8 nitrogen and oxygen atoms in total. The first-order valence-electron chi connectivity index (χ1n) is 12.8. The van der Waals surface area contributed by atoms with Crippen molar-refractivity contribution in [2.24, 2.45) is 0 Å². The highest BCUT2D eigenvalue weighted by atomic mass is 32.2. The largest absolute Gasteiger partial charge is 0.493 e. The Morgan fingerprint density at radius 3 is 2.21 bits per heavy atom. The Bertz CT molecular complexity index is 1380. The van der Waals surface area contributed by atoms with Crippen LogP contribution in [0.2, 0.25) is 0 Å². The van der Waals surface area contributed by atoms with E-state index in [2.05, 4.69) is 29.2 Å². The van der Waals surface area contributed by atoms with E-state index < -0.39 is 10.0 Å². The Balaban J connectivity index is 1.49. The van der Waals surface area contributed by atoms with Crippen LogP contribution in [0.5, 0.6) is 11.5 Å². The van der Waals surface area contributed by atoms with E-state index in [1.165, 1.54) is 14.2 Å². The lowest BCUT2D eigenvalue weighted by atomic mass is 10.2. The molecular weight excluding hydrogens is 514 g/mol. The summed E-state index contributed by atoms with van der Waals surface area (Å²) in [5.41, 5.74) is 2.42. The molecule has 4 rings (SSSR count). The molecule has 1 aliphatic rings. The fourth-order valence-electron chi connectivity index (χ4n) is 4.44. The number of aryl methyl sites for hydroxylation is 1. The fraction of sp³-hybridized carbons (Fsp3) is 0.300. The minimum absolute atomic E-state index is 0.116. The quantitative estimate of drug-likeness (QED) is 0.380. The number of carbonyl (C=O) groups excluding carboxylic acids is 1. The molecule has 9 heteroatoms. The molecule has 0 aromatic heterocycles. The lowest BCUT2D eigenvalue weighted by molar-refractivity contribution is -0.131. The molecule has 0 N–H and O–H groups in total. The van der Waals surface area contributed by atoms with Gasteiger partial charge in [0.05, 0.1) is 24.8 Å². The van der Waals surface area contributed by atoms with Gasteiger partial charge in [-0.2, -0.15) is 0 Å². The van der Waals surface area contributed by atoms with Crippen molar-refractivity contribution in [3.05, 3.63) is 90.0 Å². The highest BCUT2D eigenvalue weighted by molar-refractivity contribution is 7.92. The summed E-state index contributed by atoms with van der Waals surface area (Å²) >= 11 is 0. The number of benzene rings is 3. The lowest BCUT2D eigenvalue weighted by Crippen LogP contribution is -2.51. The molecule has 39 heavy (non-hydrogen) atoms. The standard InChI is InChI=1S/C30H35N3O5S/c1-24-11-14-27(15-12-24)39(35,36)33(26-13-16-28(37-2)29(22-26)38-3)23-30(34)32-20-18-31(19-21-32)17-7-10-25-8-5-4-6-9-25/h4-16,22H,17-21,23H2,1-3H3/b10-7+. The first-order chi connectivity index (χ1) is 18.8. The Morgan fingerprint density at radius 1 is 0.897 bits per heavy atom. The topological polar surface area (TPSA) is 79.4 Å². The molecule has 0 spiro atoms. The van der Waals surface area contributed by atoms with Crippen LogP contribution in [0.3, 0.4) is 0 Å². The van der Waals surface area contributed by atoms with Crippen molar-refractivity contribution < 1.29 is 22.7 Å². The normalized spacial score (nSPS) is 14.4. The van der Waals surface area contributed by atoms with Crippen molar-refractivity contribution in [2.75, 3.05) is 57.8 Å². The van der Waals surface area contributed by atoms with Crippen molar-refractivity contribution in [3.8, 4) is 11.5 Å². The average Bonchev–Trinajstić information content (AvgIpc) is 2.96. The van der Waals surface area contributed by atoms with Gasteiger partial charge in [-0.25, -0.2) is 8.42 Å². The zero-order chi connectivity index (χ0) is 27.8. The van der Waals surface area contributed by atoms with Crippen molar-refractivity contribution in [3.63, 3.8) is 0 Å². The molecule has 1 fully saturated rings. The average molecular weight is 550 g/mol. The number of anilines is 1. The summed E-state index contributed by atoms with van der Waals surface area (Å²) in [6.45, 7) is 4.85. The van der Waals surface area contributed by atoms with Gasteiger partial charge in [0.25, 0.3) is 10.0 Å². The third-order valence-electron chi connectivity index (χ3n) is 6.74. The first-order valence-corrected chi connectivity index (χ1v) is 14.3. The van der Waals surface area contributed by atoms with E-state index in [0.29, 0.717) is 43.4 Å². The number of carbonyl (C=O) groups is 1. The Morgan fingerprint density at radius 2 is 1.56 bits per heavy atom. The predicted octanol–water partition coefficient (Wildman–Crippen LogP) is 4.07. The van der Waals surface area contributed by atoms with E-state index in [4.69, 9.17) is 9.47 Å². The zero-order valence-electron chi connectivity index (χ0n) is 22.6. The number of nitrogens with zero attached hydrogens (tertiary/aromatic N) is 3. The maximum Gasteiger partial charge on any atom is 0.264 e. The molecule has 3 aromatic carbocycles. The summed E-state index contributed by atoms with van der Waals surface area (Å²) in [5.74, 6) is 0.598. The van der Waals surface area contributed by atoms with Crippen LogP contribution >= 0.6 is 0 Å². The van der Waals surface area contributed by atoms with Crippen molar-refractivity contribution in [2.45, 2.75) is 11.8 Å². The SMILES string of the molecule is COc1ccc(N(CC(=O)N2CCN(C/C=C/c3ccccc3)CC2)S(=O)(=O)c2ccc(C)cc2)cc1OC. The fourth-order valence-corrected chi connectivity index (χ4v) is 5.84. The number of hydrogen-bond donors (Lipinski definition) is 0. The Hall–Kier alpha value is -3.82. The smallest absolute Gasteiger partial charge is 0.264 e. The van der Waals surface area contributed by atoms with Gasteiger partial charge >= 0.3 is 0 Å². The predicted molar refractivity (Wildman–Crippen MR) is 154 cm³/mol. The van der Waals surface area contributed by atoms with E-state index in [-0.39, 0.29) is 17.3 Å². The van der Waals surface area contributed by atoms with E-state index >= 15 is 0 Å². The molecule has 1 heterocycles. The molecule has 0 saturated carbocycles. The molecule has 3 aromatic rings. The summed E-state index contributed by atoms with van der Waals surface area (Å²) in [4.78, 5) is 17.6. The van der Waals surface area contributed by atoms with Gasteiger partial charge in [-0.3, -0.25) is 14.0 Å². The second-order valence-corrected chi connectivity index (χ2v) is 11.2. The third-order valence-corrected chi connectivity index (χ3v) is 8.53. The van der Waals surface area contributed by atoms with Gasteiger partial charge in [0.2, 0.25) is 5.91 Å². The Kier molecular flexibility index (Phi) is 9.27. The van der Waals surface area contributed by atoms with E-state index in [0.717, 1.165) is 22.0 Å². The van der Waals surface area contributed by atoms with Crippen LogP contribution in [-0.2, 0) is 14.8 Å². The van der Waals surface area contributed by atoms with Crippen LogP contribution in [0.4, 0.5) is 5.69 Å². The van der Waals surface area contributed by atoms with Crippen molar-refractivity contribution in [1.29, 1.82) is 0 Å². The summed E-state index contributed by atoms with van der Waals surface area (Å²) in [5, 5.41) is 0. The van der Waals surface area contributed by atoms with Gasteiger partial charge in [0.1, 0.15) is 6.54 Å². The second kappa shape index (κ2) is 12.8. The molecule has 0 radical (unpaired) electrons. The van der Waals surface area contributed by atoms with E-state index in [9.17, 15) is 13.2 Å². The molecule has 1 aliphatic heterocycles. The third kappa shape index (κ3) is 6.99. The number of rotatable bonds is 10. The Labute approximate surface area is 231 Å². The molecule has 0 atom stereocenters. The van der Waals surface area contributed by atoms with Crippen LogP contribution in [-0.4, -0.2) is 77.6 Å². The lowest BCUT2D eigenvalue weighted by Gasteiger charge is -2.35. The monoisotopic (exact) mass is 549 g/mol. The number of amides is 1. The number of ether oxygens (including phenoxy) is 2. The summed E-state index contributed by atoms with van der Waals surface area (Å²) in [6, 6.07) is 21.6. The summed E-state index contributed by atoms with van der Waals surface area (Å²) in [7, 11) is -1.03. The molecule has 206 valence electrons. The van der Waals surface area contributed by atoms with Gasteiger partial charge in [-0.05, 0) is 36.8 Å². The summed E-state index contributed by atoms with van der Waals surface area (Å²) < 4.78 is 39.4. The number of piperazine rings is 1. The molecule has 0 unspecified atom stereocenters. The minimum Gasteiger partial charge on any atom is -0.493 e. The van der Waals surface area contributed by atoms with Crippen LogP contribution < -0.4 is 13.8 Å². The maximum absolute atomic E-state index is 13.8. The zero-order valence-corrected chi connectivity index (χ0v) is 23.4. The van der Waals surface area contributed by atoms with Crippen LogP contribution in [0.1, 0.15) is 11.1 Å². The number of sulfonamides is 1. The van der Waals surface area contributed by atoms with Gasteiger partial charge < -0.3 is 14.4 Å². The first kappa shape index (κ1) is 28.2. The molecule has 1 amide bonds. The molecule has 1 saturated heterocycles. The highest BCUT2D eigenvalue weighted by Crippen LogP contribution is 2.34. The highest BCUT2D eigenvalue weighted by Gasteiger charge is 2.30. The molecule has 0 bridgehead atoms. The van der Waals surface area contributed by atoms with E-state index in [1.807, 2.05) is 25.1 Å². The van der Waals surface area contributed by atoms with Gasteiger partial charge in [0.15, 0.2) is 11.5 Å². The minimum atomic E-state index is -4.03. The van der Waals surface area contributed by atoms with Crippen molar-refractivity contribution in [1.82, 2.24) is 9.80 Å². The van der Waals surface area contributed by atoms with Crippen LogP contribution in [0.15, 0.2) is 83.8 Å². The second-order valence-electron chi connectivity index (χ2n) is 9.36.